The number of amides is 2. The van der Waals surface area contributed by atoms with Gasteiger partial charge in [-0.15, -0.1) is 0 Å². The molecule has 1 aromatic heterocycles. The number of aliphatic carboxylic acids is 1. The van der Waals surface area contributed by atoms with E-state index in [1.165, 1.54) is 4.90 Å². The van der Waals surface area contributed by atoms with E-state index in [-0.39, 0.29) is 19.1 Å². The Labute approximate surface area is 111 Å². The first kappa shape index (κ1) is 14.9. The molecule has 0 aromatic carbocycles. The van der Waals surface area contributed by atoms with Crippen LogP contribution in [-0.4, -0.2) is 50.8 Å². The van der Waals surface area contributed by atoms with Crippen molar-refractivity contribution in [2.75, 3.05) is 13.6 Å². The molecule has 0 bridgehead atoms. The van der Waals surface area contributed by atoms with Gasteiger partial charge in [0.25, 0.3) is 0 Å². The molecule has 0 atom stereocenters. The van der Waals surface area contributed by atoms with Gasteiger partial charge in [0, 0.05) is 13.6 Å². The van der Waals surface area contributed by atoms with Crippen molar-refractivity contribution in [3.8, 4) is 0 Å². The molecule has 0 radical (unpaired) electrons. The Bertz CT molecular complexity index is 469. The van der Waals surface area contributed by atoms with Gasteiger partial charge in [-0.05, 0) is 20.8 Å². The third-order valence-corrected chi connectivity index (χ3v) is 2.63. The quantitative estimate of drug-likeness (QED) is 0.715. The lowest BCUT2D eigenvalue weighted by atomic mass is 9.94. The van der Waals surface area contributed by atoms with Crippen molar-refractivity contribution >= 4 is 12.0 Å². The van der Waals surface area contributed by atoms with Crippen molar-refractivity contribution in [2.24, 2.45) is 5.41 Å². The van der Waals surface area contributed by atoms with E-state index in [2.05, 4.69) is 20.5 Å². The number of carbonyl (C=O) groups excluding carboxylic acids is 1. The second-order valence-corrected chi connectivity index (χ2v) is 5.04. The molecule has 19 heavy (non-hydrogen) atoms. The zero-order chi connectivity index (χ0) is 14.6. The van der Waals surface area contributed by atoms with Crippen LogP contribution >= 0.6 is 0 Å². The molecule has 0 saturated carbocycles. The Morgan fingerprint density at radius 3 is 2.58 bits per heavy atom. The number of aryl methyl sites for hydroxylation is 1. The third kappa shape index (κ3) is 4.23. The Hall–Kier alpha value is -2.12. The molecule has 0 spiro atoms. The number of H-pyrrole nitrogens is 1. The number of nitrogens with zero attached hydrogens (tertiary/aromatic N) is 3. The average Bonchev–Trinajstić information content (AvgIpc) is 2.71. The minimum Gasteiger partial charge on any atom is -0.481 e. The van der Waals surface area contributed by atoms with Crippen LogP contribution in [0.15, 0.2) is 0 Å². The van der Waals surface area contributed by atoms with Gasteiger partial charge < -0.3 is 15.3 Å². The van der Waals surface area contributed by atoms with Gasteiger partial charge in [0.1, 0.15) is 5.82 Å². The van der Waals surface area contributed by atoms with E-state index in [1.807, 2.05) is 0 Å². The number of carbonyl (C=O) groups is 2. The van der Waals surface area contributed by atoms with E-state index >= 15 is 0 Å². The summed E-state index contributed by atoms with van der Waals surface area (Å²) in [6.45, 7) is 5.18. The molecule has 106 valence electrons. The molecule has 8 nitrogen and oxygen atoms in total. The fraction of sp³-hybridized carbons (Fsp3) is 0.636. The number of carboxylic acid groups (broad SMARTS) is 1. The van der Waals surface area contributed by atoms with Gasteiger partial charge in [0.2, 0.25) is 0 Å². The van der Waals surface area contributed by atoms with E-state index in [0.29, 0.717) is 11.6 Å². The van der Waals surface area contributed by atoms with Gasteiger partial charge in [-0.25, -0.2) is 9.78 Å². The van der Waals surface area contributed by atoms with Crippen LogP contribution in [0.4, 0.5) is 4.79 Å². The van der Waals surface area contributed by atoms with Gasteiger partial charge >= 0.3 is 12.0 Å². The minimum absolute atomic E-state index is 0.0541. The molecular formula is C11H19N5O3. The highest BCUT2D eigenvalue weighted by Crippen LogP contribution is 2.13. The number of nitrogens with one attached hydrogen (secondary N) is 2. The zero-order valence-corrected chi connectivity index (χ0v) is 11.5. The normalized spacial score (nSPS) is 11.2. The molecule has 0 unspecified atom stereocenters. The van der Waals surface area contributed by atoms with Gasteiger partial charge in [0.05, 0.1) is 12.0 Å². The van der Waals surface area contributed by atoms with Crippen LogP contribution in [0.3, 0.4) is 0 Å². The predicted molar refractivity (Wildman–Crippen MR) is 67.4 cm³/mol. The van der Waals surface area contributed by atoms with Gasteiger partial charge in [-0.3, -0.25) is 9.89 Å². The fourth-order valence-corrected chi connectivity index (χ4v) is 1.25. The number of aromatic amines is 1. The van der Waals surface area contributed by atoms with Crippen molar-refractivity contribution in [3.05, 3.63) is 11.6 Å². The van der Waals surface area contributed by atoms with Crippen molar-refractivity contribution in [1.82, 2.24) is 25.4 Å². The summed E-state index contributed by atoms with van der Waals surface area (Å²) in [6.07, 6.45) is 0. The predicted octanol–water partition coefficient (Wildman–Crippen LogP) is 0.365. The number of hydrogen-bond donors (Lipinski definition) is 3. The lowest BCUT2D eigenvalue weighted by Crippen LogP contribution is -2.44. The third-order valence-electron chi connectivity index (χ3n) is 2.63. The molecule has 0 saturated heterocycles. The highest BCUT2D eigenvalue weighted by Gasteiger charge is 2.28. The highest BCUT2D eigenvalue weighted by molar-refractivity contribution is 5.77. The van der Waals surface area contributed by atoms with Crippen LogP contribution in [0.2, 0.25) is 0 Å². The number of carboxylic acids is 1. The Morgan fingerprint density at radius 2 is 2.11 bits per heavy atom. The number of hydrogen-bond acceptors (Lipinski definition) is 4. The lowest BCUT2D eigenvalue weighted by Gasteiger charge is -2.22. The number of aromatic nitrogens is 3. The first-order chi connectivity index (χ1) is 8.72. The van der Waals surface area contributed by atoms with Crippen LogP contribution in [0.5, 0.6) is 0 Å². The molecule has 8 heteroatoms. The summed E-state index contributed by atoms with van der Waals surface area (Å²) in [6, 6.07) is -0.364. The SMILES string of the molecule is Cc1nc(CN(C)C(=O)NCC(C)(C)C(=O)O)n[nH]1. The molecule has 1 rings (SSSR count). The molecule has 0 aliphatic carbocycles. The molecule has 0 fully saturated rings. The molecule has 0 aliphatic rings. The molecule has 1 aromatic rings. The zero-order valence-electron chi connectivity index (χ0n) is 11.5. The van der Waals surface area contributed by atoms with Crippen LogP contribution in [0.25, 0.3) is 0 Å². The first-order valence-corrected chi connectivity index (χ1v) is 5.82. The smallest absolute Gasteiger partial charge is 0.317 e. The maximum absolute atomic E-state index is 11.8. The minimum atomic E-state index is -1.00. The van der Waals surface area contributed by atoms with Crippen molar-refractivity contribution < 1.29 is 14.7 Å². The molecule has 0 aliphatic heterocycles. The second-order valence-electron chi connectivity index (χ2n) is 5.04. The molecule has 2 amide bonds. The topological polar surface area (TPSA) is 111 Å². The maximum atomic E-state index is 11.8. The van der Waals surface area contributed by atoms with Gasteiger partial charge in [-0.2, -0.15) is 5.10 Å². The summed E-state index contributed by atoms with van der Waals surface area (Å²) in [4.78, 5) is 28.2. The van der Waals surface area contributed by atoms with E-state index in [9.17, 15) is 9.59 Å². The van der Waals surface area contributed by atoms with Gasteiger partial charge in [0.15, 0.2) is 5.82 Å². The second kappa shape index (κ2) is 5.68. The first-order valence-electron chi connectivity index (χ1n) is 5.82. The Morgan fingerprint density at radius 1 is 1.47 bits per heavy atom. The summed E-state index contributed by atoms with van der Waals surface area (Å²) < 4.78 is 0. The maximum Gasteiger partial charge on any atom is 0.317 e. The van der Waals surface area contributed by atoms with Crippen molar-refractivity contribution in [2.45, 2.75) is 27.3 Å². The van der Waals surface area contributed by atoms with E-state index in [0.717, 1.165) is 0 Å². The summed E-state index contributed by atoms with van der Waals surface area (Å²) in [5.74, 6) is 0.225. The van der Waals surface area contributed by atoms with Crippen LogP contribution in [0.1, 0.15) is 25.5 Å². The molecule has 1 heterocycles. The van der Waals surface area contributed by atoms with E-state index < -0.39 is 11.4 Å². The van der Waals surface area contributed by atoms with Crippen molar-refractivity contribution in [3.63, 3.8) is 0 Å². The summed E-state index contributed by atoms with van der Waals surface area (Å²) in [5, 5.41) is 18.1. The lowest BCUT2D eigenvalue weighted by molar-refractivity contribution is -0.146. The number of urea groups is 1. The summed E-state index contributed by atoms with van der Waals surface area (Å²) in [5.41, 5.74) is -1.00. The van der Waals surface area contributed by atoms with Crippen molar-refractivity contribution in [1.29, 1.82) is 0 Å². The van der Waals surface area contributed by atoms with E-state index in [4.69, 9.17) is 5.11 Å². The standard InChI is InChI=1S/C11H19N5O3/c1-7-13-8(15-14-7)5-16(4)10(19)12-6-11(2,3)9(17)18/h5-6H2,1-4H3,(H,12,19)(H,17,18)(H,13,14,15). The number of rotatable bonds is 5. The van der Waals surface area contributed by atoms with E-state index in [1.54, 1.807) is 27.8 Å². The van der Waals surface area contributed by atoms with Crippen LogP contribution in [0, 0.1) is 12.3 Å². The van der Waals surface area contributed by atoms with Crippen LogP contribution < -0.4 is 5.32 Å². The Balaban J connectivity index is 2.47. The molecular weight excluding hydrogens is 250 g/mol. The Kier molecular flexibility index (Phi) is 4.47. The summed E-state index contributed by atoms with van der Waals surface area (Å²) >= 11 is 0. The highest BCUT2D eigenvalue weighted by atomic mass is 16.4. The van der Waals surface area contributed by atoms with Gasteiger partial charge in [-0.1, -0.05) is 0 Å². The summed E-state index contributed by atoms with van der Waals surface area (Å²) in [7, 11) is 1.59. The largest absolute Gasteiger partial charge is 0.481 e. The van der Waals surface area contributed by atoms with Crippen LogP contribution in [-0.2, 0) is 11.3 Å². The monoisotopic (exact) mass is 269 g/mol. The molecule has 3 N–H and O–H groups in total. The fourth-order valence-electron chi connectivity index (χ4n) is 1.25. The average molecular weight is 269 g/mol.